The number of carbonyl (C=O) groups excluding carboxylic acids is 6. The summed E-state index contributed by atoms with van der Waals surface area (Å²) in [6.07, 6.45) is -1.000. The Morgan fingerprint density at radius 3 is 2.51 bits per heavy atom. The lowest BCUT2D eigenvalue weighted by molar-refractivity contribution is -0.180. The van der Waals surface area contributed by atoms with Crippen molar-refractivity contribution in [3.05, 3.63) is 89.5 Å². The summed E-state index contributed by atoms with van der Waals surface area (Å²) >= 11 is 0. The fourth-order valence-electron chi connectivity index (χ4n) is 6.81. The monoisotopic (exact) mass is 697 g/mol. The number of nitrogens with one attached hydrogen (secondary N) is 1. The minimum Gasteiger partial charge on any atom is -0.457 e. The molecular weight excluding hydrogens is 662 g/mol. The van der Waals surface area contributed by atoms with Crippen molar-refractivity contribution in [2.45, 2.75) is 63.1 Å². The van der Waals surface area contributed by atoms with E-state index in [1.807, 2.05) is 30.3 Å². The number of hydrogen-bond acceptors (Lipinski definition) is 10. The minimum absolute atomic E-state index is 0.0119. The summed E-state index contributed by atoms with van der Waals surface area (Å²) in [7, 11) is 0. The molecule has 3 N–H and O–H groups in total. The molecule has 3 aromatic carbocycles. The first-order chi connectivity index (χ1) is 24.7. The first-order valence-electron chi connectivity index (χ1n) is 16.6. The molecule has 264 valence electrons. The van der Waals surface area contributed by atoms with Gasteiger partial charge in [-0.25, -0.2) is 5.01 Å². The largest absolute Gasteiger partial charge is 0.457 e. The Morgan fingerprint density at radius 1 is 0.961 bits per heavy atom. The molecule has 0 saturated carbocycles. The fourth-order valence-corrected chi connectivity index (χ4v) is 6.81. The molecule has 2 bridgehead atoms. The average Bonchev–Trinajstić information content (AvgIpc) is 3.45. The number of carbonyl (C=O) groups is 6. The van der Waals surface area contributed by atoms with Crippen molar-refractivity contribution < 1.29 is 47.7 Å². The van der Waals surface area contributed by atoms with Crippen LogP contribution < -0.4 is 20.5 Å². The van der Waals surface area contributed by atoms with Crippen LogP contribution in [0.1, 0.15) is 58.4 Å². The average molecular weight is 698 g/mol. The Hall–Kier alpha value is -5.96. The molecule has 15 nitrogen and oxygen atoms in total. The summed E-state index contributed by atoms with van der Waals surface area (Å²) in [6.45, 7) is 0.249. The van der Waals surface area contributed by atoms with Gasteiger partial charge in [0.2, 0.25) is 24.9 Å². The van der Waals surface area contributed by atoms with Crippen molar-refractivity contribution in [2.75, 3.05) is 18.7 Å². The van der Waals surface area contributed by atoms with Gasteiger partial charge in [-0.05, 0) is 61.2 Å². The van der Waals surface area contributed by atoms with Gasteiger partial charge in [-0.1, -0.05) is 30.3 Å². The Bertz CT molecular complexity index is 1870. The predicted octanol–water partition coefficient (Wildman–Crippen LogP) is 2.35. The number of anilines is 1. The highest BCUT2D eigenvalue weighted by Crippen LogP contribution is 2.33. The Balaban J connectivity index is 1.19. The molecule has 3 aromatic rings. The topological polar surface area (TPSA) is 187 Å². The molecule has 3 saturated heterocycles. The van der Waals surface area contributed by atoms with Gasteiger partial charge in [-0.15, -0.1) is 0 Å². The van der Waals surface area contributed by atoms with Crippen LogP contribution in [0.5, 0.6) is 11.5 Å². The molecule has 4 aliphatic rings. The van der Waals surface area contributed by atoms with Crippen molar-refractivity contribution in [3.63, 3.8) is 0 Å². The normalized spacial score (nSPS) is 22.5. The SMILES string of the molecule is NC(=O)C1CCCN2C(=O)CCC(N(C(=O)c3ccc(NC(=O)c4ccc5cc4OCO5)cc3)C3CC(=O)OC3OCc3ccccc3)C(=O)N12. The van der Waals surface area contributed by atoms with Crippen molar-refractivity contribution in [2.24, 2.45) is 5.73 Å². The third-order valence-corrected chi connectivity index (χ3v) is 9.31. The van der Waals surface area contributed by atoms with Crippen LogP contribution in [-0.4, -0.2) is 88.2 Å². The molecule has 51 heavy (non-hydrogen) atoms. The second-order valence-electron chi connectivity index (χ2n) is 12.5. The second-order valence-corrected chi connectivity index (χ2v) is 12.5. The standard InChI is InChI=1S/C36H35N5O10/c37-32(44)26-7-4-16-39-30(42)15-14-27(35(47)41(26)39)40(28-18-31(43)51-36(28)48-19-21-5-2-1-3-6-21)34(46)22-8-10-23(11-9-22)38-33(45)25-13-12-24-17-29(25)50-20-49-24/h1-3,5-6,8-13,17,26-28,36H,4,7,14-16,18-20H2,(H2,37,44)(H,38,45). The summed E-state index contributed by atoms with van der Waals surface area (Å²) in [5, 5.41) is 5.10. The Kier molecular flexibility index (Phi) is 9.28. The third kappa shape index (κ3) is 6.79. The quantitative estimate of drug-likeness (QED) is 0.314. The van der Waals surface area contributed by atoms with Gasteiger partial charge in [0.15, 0.2) is 0 Å². The fraction of sp³-hybridized carbons (Fsp3) is 0.333. The van der Waals surface area contributed by atoms with Gasteiger partial charge >= 0.3 is 5.97 Å². The summed E-state index contributed by atoms with van der Waals surface area (Å²) in [5.74, 6) is -2.62. The maximum absolute atomic E-state index is 14.6. The highest BCUT2D eigenvalue weighted by Gasteiger charge is 2.51. The van der Waals surface area contributed by atoms with Crippen LogP contribution in [0.2, 0.25) is 0 Å². The summed E-state index contributed by atoms with van der Waals surface area (Å²) in [6, 6.07) is 16.6. The van der Waals surface area contributed by atoms with Gasteiger partial charge < -0.3 is 34.9 Å². The molecule has 5 amide bonds. The smallest absolute Gasteiger partial charge is 0.310 e. The maximum atomic E-state index is 14.6. The number of primary amides is 1. The van der Waals surface area contributed by atoms with E-state index < -0.39 is 54.0 Å². The molecule has 7 rings (SSSR count). The molecule has 4 atom stereocenters. The van der Waals surface area contributed by atoms with E-state index in [2.05, 4.69) is 5.32 Å². The van der Waals surface area contributed by atoms with E-state index in [1.165, 1.54) is 34.2 Å². The highest BCUT2D eigenvalue weighted by atomic mass is 16.7. The van der Waals surface area contributed by atoms with Crippen molar-refractivity contribution >= 4 is 41.2 Å². The number of rotatable bonds is 9. The first kappa shape index (κ1) is 33.5. The summed E-state index contributed by atoms with van der Waals surface area (Å²) in [5.41, 5.74) is 7.28. The molecule has 0 spiro atoms. The van der Waals surface area contributed by atoms with E-state index in [0.29, 0.717) is 29.2 Å². The zero-order chi connectivity index (χ0) is 35.6. The van der Waals surface area contributed by atoms with E-state index in [1.54, 1.807) is 18.2 Å². The van der Waals surface area contributed by atoms with E-state index in [4.69, 9.17) is 24.7 Å². The van der Waals surface area contributed by atoms with Crippen LogP contribution in [0.4, 0.5) is 5.69 Å². The number of benzene rings is 3. The van der Waals surface area contributed by atoms with E-state index in [-0.39, 0.29) is 57.1 Å². The van der Waals surface area contributed by atoms with E-state index in [9.17, 15) is 28.8 Å². The summed E-state index contributed by atoms with van der Waals surface area (Å²) < 4.78 is 22.3. The number of hydrogen-bond donors (Lipinski definition) is 2. The van der Waals surface area contributed by atoms with Crippen molar-refractivity contribution in [1.82, 2.24) is 14.9 Å². The van der Waals surface area contributed by atoms with Crippen LogP contribution in [0.3, 0.4) is 0 Å². The second kappa shape index (κ2) is 14.1. The van der Waals surface area contributed by atoms with E-state index in [0.717, 1.165) is 10.6 Å². The predicted molar refractivity (Wildman–Crippen MR) is 176 cm³/mol. The number of nitrogens with zero attached hydrogens (tertiary/aromatic N) is 3. The lowest BCUT2D eigenvalue weighted by Crippen LogP contribution is -2.64. The van der Waals surface area contributed by atoms with Crippen LogP contribution in [0.25, 0.3) is 0 Å². The number of cyclic esters (lactones) is 1. The molecule has 0 aliphatic carbocycles. The molecule has 4 heterocycles. The molecule has 4 unspecified atom stereocenters. The molecule has 0 aromatic heterocycles. The van der Waals surface area contributed by atoms with Crippen molar-refractivity contribution in [1.29, 1.82) is 0 Å². The highest BCUT2D eigenvalue weighted by molar-refractivity contribution is 6.07. The number of nitrogens with two attached hydrogens (primary N) is 1. The lowest BCUT2D eigenvalue weighted by Gasteiger charge is -2.44. The Labute approximate surface area is 292 Å². The zero-order valence-electron chi connectivity index (χ0n) is 27.4. The number of fused-ring (bicyclic) bond motifs is 3. The molecule has 3 fully saturated rings. The van der Waals surface area contributed by atoms with Crippen molar-refractivity contribution in [3.8, 4) is 11.5 Å². The third-order valence-electron chi connectivity index (χ3n) is 9.31. The van der Waals surface area contributed by atoms with Gasteiger partial charge in [0.1, 0.15) is 29.6 Å². The summed E-state index contributed by atoms with van der Waals surface area (Å²) in [4.78, 5) is 81.9. The maximum Gasteiger partial charge on any atom is 0.310 e. The number of hydrazine groups is 1. The number of esters is 1. The molecule has 4 aliphatic heterocycles. The minimum atomic E-state index is -1.28. The molecule has 0 radical (unpaired) electrons. The molecule has 15 heteroatoms. The van der Waals surface area contributed by atoms with Gasteiger partial charge in [-0.2, -0.15) is 0 Å². The lowest BCUT2D eigenvalue weighted by atomic mass is 10.0. The van der Waals surface area contributed by atoms with Gasteiger partial charge in [0.25, 0.3) is 17.7 Å². The number of ether oxygens (including phenoxy) is 4. The first-order valence-corrected chi connectivity index (χ1v) is 16.6. The van der Waals surface area contributed by atoms with Crippen LogP contribution in [0, 0.1) is 0 Å². The van der Waals surface area contributed by atoms with Gasteiger partial charge in [0, 0.05) is 30.3 Å². The Morgan fingerprint density at radius 2 is 1.75 bits per heavy atom. The zero-order valence-corrected chi connectivity index (χ0v) is 27.4. The van der Waals surface area contributed by atoms with Gasteiger partial charge in [-0.3, -0.25) is 33.8 Å². The number of amides is 5. The van der Waals surface area contributed by atoms with Crippen LogP contribution in [0.15, 0.2) is 72.8 Å². The van der Waals surface area contributed by atoms with Crippen LogP contribution in [-0.2, 0) is 35.3 Å². The van der Waals surface area contributed by atoms with Crippen LogP contribution >= 0.6 is 0 Å². The van der Waals surface area contributed by atoms with E-state index >= 15 is 0 Å². The van der Waals surface area contributed by atoms with Gasteiger partial charge in [0.05, 0.1) is 18.6 Å². The molecular formula is C36H35N5O10.